The molecule has 0 aromatic carbocycles. The van der Waals surface area contributed by atoms with E-state index in [-0.39, 0.29) is 61.5 Å². The van der Waals surface area contributed by atoms with Crippen molar-refractivity contribution in [1.29, 1.82) is 0 Å². The highest BCUT2D eigenvalue weighted by atomic mass is 16.8. The standard InChI is InChI=1S/C25H41NO11/c1-24(2)34-18-16(14-11-30-22(32-14)20(18)36-24)28-9-13(26-7-5-6-8-27)10-29-17-15-12-31-23(33-15)21-19(17)35-25(3,4)37-21/h13-23,26-27H,5-12H2,1-4H3/t13?,14-,15-,16-,17+,18-,19+,20-,21+,22-,23+/m0/s1. The SMILES string of the molecule is CC1(C)O[C@@H]2[C@H](O1)[C@H]1OC[C@H](O1)[C@@H]2OCC(CO[C@H]1[C@H]2OC(C)(C)O[C@H]2[C@@H]2OC[C@@H]1O2)NCCCCO. The molecule has 0 amide bonds. The lowest BCUT2D eigenvalue weighted by atomic mass is 10.0. The van der Waals surface area contributed by atoms with E-state index in [1.54, 1.807) is 0 Å². The molecular weight excluding hydrogens is 490 g/mol. The summed E-state index contributed by atoms with van der Waals surface area (Å²) in [6.07, 6.45) is -1.59. The Labute approximate surface area is 217 Å². The van der Waals surface area contributed by atoms with E-state index in [4.69, 9.17) is 47.4 Å². The summed E-state index contributed by atoms with van der Waals surface area (Å²) >= 11 is 0. The van der Waals surface area contributed by atoms with E-state index in [0.717, 1.165) is 19.4 Å². The van der Waals surface area contributed by atoms with Crippen molar-refractivity contribution in [3.8, 4) is 0 Å². The Morgan fingerprint density at radius 2 is 1.24 bits per heavy atom. The van der Waals surface area contributed by atoms with E-state index in [1.165, 1.54) is 0 Å². The predicted molar refractivity (Wildman–Crippen MR) is 124 cm³/mol. The van der Waals surface area contributed by atoms with Gasteiger partial charge in [-0.25, -0.2) is 0 Å². The summed E-state index contributed by atoms with van der Waals surface area (Å²) in [5, 5.41) is 12.7. The third-order valence-corrected chi connectivity index (χ3v) is 7.71. The molecule has 0 aromatic heterocycles. The van der Waals surface area contributed by atoms with Gasteiger partial charge in [-0.3, -0.25) is 0 Å². The number of rotatable bonds is 11. The Hall–Kier alpha value is -0.480. The van der Waals surface area contributed by atoms with Crippen LogP contribution in [0.2, 0.25) is 0 Å². The molecule has 0 radical (unpaired) electrons. The molecule has 0 spiro atoms. The molecule has 12 nitrogen and oxygen atoms in total. The zero-order valence-electron chi connectivity index (χ0n) is 22.0. The van der Waals surface area contributed by atoms with Crippen LogP contribution in [-0.4, -0.2) is 124 Å². The van der Waals surface area contributed by atoms with Gasteiger partial charge in [0.05, 0.1) is 32.5 Å². The van der Waals surface area contributed by atoms with E-state index in [0.29, 0.717) is 26.4 Å². The van der Waals surface area contributed by atoms with Crippen LogP contribution in [0, 0.1) is 0 Å². The highest BCUT2D eigenvalue weighted by molar-refractivity contribution is 5.01. The largest absolute Gasteiger partial charge is 0.396 e. The van der Waals surface area contributed by atoms with Crippen LogP contribution >= 0.6 is 0 Å². The summed E-state index contributed by atoms with van der Waals surface area (Å²) in [5.74, 6) is -1.45. The molecule has 6 aliphatic rings. The molecule has 12 heteroatoms. The van der Waals surface area contributed by atoms with Gasteiger partial charge in [-0.15, -0.1) is 0 Å². The van der Waals surface area contributed by atoms with Crippen LogP contribution in [0.3, 0.4) is 0 Å². The number of fused-ring (bicyclic) bond motifs is 8. The van der Waals surface area contributed by atoms with Gasteiger partial charge in [-0.1, -0.05) is 0 Å². The summed E-state index contributed by atoms with van der Waals surface area (Å²) in [6.45, 7) is 10.1. The first-order valence-corrected chi connectivity index (χ1v) is 13.6. The van der Waals surface area contributed by atoms with Gasteiger partial charge in [0.1, 0.15) is 48.8 Å². The maximum absolute atomic E-state index is 9.18. The van der Waals surface area contributed by atoms with Crippen LogP contribution in [0.1, 0.15) is 40.5 Å². The van der Waals surface area contributed by atoms with E-state index in [9.17, 15) is 5.11 Å². The molecule has 6 aliphatic heterocycles. The first-order chi connectivity index (χ1) is 17.7. The fourth-order valence-corrected chi connectivity index (χ4v) is 6.12. The van der Waals surface area contributed by atoms with Gasteiger partial charge in [-0.2, -0.15) is 0 Å². The minimum atomic E-state index is -0.727. The highest BCUT2D eigenvalue weighted by Gasteiger charge is 2.60. The maximum atomic E-state index is 9.18. The van der Waals surface area contributed by atoms with Crippen LogP contribution in [0.15, 0.2) is 0 Å². The lowest BCUT2D eigenvalue weighted by Crippen LogP contribution is -2.56. The first-order valence-electron chi connectivity index (χ1n) is 13.6. The number of nitrogens with one attached hydrogen (secondary N) is 1. The molecule has 4 bridgehead atoms. The van der Waals surface area contributed by atoms with E-state index in [2.05, 4.69) is 5.32 Å². The number of hydrogen-bond acceptors (Lipinski definition) is 12. The molecule has 0 aromatic rings. The van der Waals surface area contributed by atoms with Gasteiger partial charge in [0.25, 0.3) is 0 Å². The Kier molecular flexibility index (Phi) is 7.58. The van der Waals surface area contributed by atoms with Gasteiger partial charge in [-0.05, 0) is 47.1 Å². The van der Waals surface area contributed by atoms with Crippen molar-refractivity contribution in [2.24, 2.45) is 0 Å². The van der Waals surface area contributed by atoms with Gasteiger partial charge >= 0.3 is 0 Å². The minimum Gasteiger partial charge on any atom is -0.396 e. The summed E-state index contributed by atoms with van der Waals surface area (Å²) in [7, 11) is 0. The lowest BCUT2D eigenvalue weighted by Gasteiger charge is -2.37. The van der Waals surface area contributed by atoms with E-state index < -0.39 is 24.2 Å². The highest BCUT2D eigenvalue weighted by Crippen LogP contribution is 2.43. The van der Waals surface area contributed by atoms with Gasteiger partial charge < -0.3 is 57.8 Å². The molecule has 212 valence electrons. The molecule has 6 heterocycles. The average Bonchev–Trinajstić information content (AvgIpc) is 3.60. The van der Waals surface area contributed by atoms with Crippen molar-refractivity contribution in [3.05, 3.63) is 0 Å². The van der Waals surface area contributed by atoms with Crippen LogP contribution in [0.4, 0.5) is 0 Å². The van der Waals surface area contributed by atoms with Crippen LogP contribution in [-0.2, 0) is 47.4 Å². The third-order valence-electron chi connectivity index (χ3n) is 7.71. The average molecular weight is 532 g/mol. The van der Waals surface area contributed by atoms with E-state index in [1.807, 2.05) is 27.7 Å². The second-order valence-corrected chi connectivity index (χ2v) is 11.6. The Balaban J connectivity index is 1.10. The smallest absolute Gasteiger partial charge is 0.187 e. The quantitative estimate of drug-likeness (QED) is 0.350. The monoisotopic (exact) mass is 531 g/mol. The predicted octanol–water partition coefficient (Wildman–Crippen LogP) is 0.0379. The van der Waals surface area contributed by atoms with Crippen molar-refractivity contribution in [1.82, 2.24) is 5.32 Å². The van der Waals surface area contributed by atoms with Crippen LogP contribution in [0.5, 0.6) is 0 Å². The maximum Gasteiger partial charge on any atom is 0.187 e. The van der Waals surface area contributed by atoms with Crippen molar-refractivity contribution in [2.75, 3.05) is 39.6 Å². The molecule has 37 heavy (non-hydrogen) atoms. The van der Waals surface area contributed by atoms with Gasteiger partial charge in [0, 0.05) is 6.61 Å². The van der Waals surface area contributed by atoms with Gasteiger partial charge in [0.15, 0.2) is 24.2 Å². The van der Waals surface area contributed by atoms with Crippen molar-refractivity contribution in [3.63, 3.8) is 0 Å². The normalized spacial score (nSPS) is 45.6. The Morgan fingerprint density at radius 1 is 0.757 bits per heavy atom. The third kappa shape index (κ3) is 5.46. The molecule has 6 fully saturated rings. The molecular formula is C25H41NO11. The Morgan fingerprint density at radius 3 is 1.73 bits per heavy atom. The number of ether oxygens (including phenoxy) is 10. The van der Waals surface area contributed by atoms with Crippen LogP contribution < -0.4 is 5.32 Å². The summed E-state index contributed by atoms with van der Waals surface area (Å²) in [5.41, 5.74) is 0. The molecule has 0 aliphatic carbocycles. The molecule has 2 N–H and O–H groups in total. The fraction of sp³-hybridized carbons (Fsp3) is 1.00. The fourth-order valence-electron chi connectivity index (χ4n) is 6.12. The summed E-state index contributed by atoms with van der Waals surface area (Å²) in [4.78, 5) is 0. The Bertz CT molecular complexity index is 741. The summed E-state index contributed by atoms with van der Waals surface area (Å²) < 4.78 is 61.1. The number of unbranched alkanes of at least 4 members (excludes halogenated alkanes) is 1. The second kappa shape index (κ2) is 10.5. The van der Waals surface area contributed by atoms with Crippen molar-refractivity contribution < 1.29 is 52.5 Å². The van der Waals surface area contributed by atoms with Crippen LogP contribution in [0.25, 0.3) is 0 Å². The number of hydrogen-bond donors (Lipinski definition) is 2. The first kappa shape index (κ1) is 26.7. The summed E-state index contributed by atoms with van der Waals surface area (Å²) in [6, 6.07) is -0.124. The number of aliphatic hydroxyl groups is 1. The zero-order valence-corrected chi connectivity index (χ0v) is 22.0. The van der Waals surface area contributed by atoms with E-state index >= 15 is 0 Å². The van der Waals surface area contributed by atoms with Gasteiger partial charge in [0.2, 0.25) is 0 Å². The zero-order chi connectivity index (χ0) is 25.8. The molecule has 6 rings (SSSR count). The number of aliphatic hydroxyl groups excluding tert-OH is 1. The lowest BCUT2D eigenvalue weighted by molar-refractivity contribution is -0.214. The topological polar surface area (TPSA) is 125 Å². The molecule has 1 unspecified atom stereocenters. The molecule has 11 atom stereocenters. The molecule has 0 saturated carbocycles. The van der Waals surface area contributed by atoms with Crippen molar-refractivity contribution in [2.45, 2.75) is 120 Å². The van der Waals surface area contributed by atoms with Crippen molar-refractivity contribution >= 4 is 0 Å². The molecule has 6 saturated heterocycles. The second-order valence-electron chi connectivity index (χ2n) is 11.6. The minimum absolute atomic E-state index is 0.124.